The van der Waals surface area contributed by atoms with E-state index in [1.807, 2.05) is 6.07 Å². The first-order chi connectivity index (χ1) is 13.2. The Morgan fingerprint density at radius 2 is 1.93 bits per heavy atom. The van der Waals surface area contributed by atoms with Crippen molar-refractivity contribution in [2.24, 2.45) is 4.99 Å². The predicted octanol–water partition coefficient (Wildman–Crippen LogP) is 2.84. The van der Waals surface area contributed by atoms with Crippen molar-refractivity contribution in [1.29, 1.82) is 0 Å². The van der Waals surface area contributed by atoms with Crippen LogP contribution >= 0.6 is 0 Å². The molecule has 2 aliphatic heterocycles. The van der Waals surface area contributed by atoms with Crippen LogP contribution in [0.25, 0.3) is 0 Å². The third-order valence-electron chi connectivity index (χ3n) is 5.82. The van der Waals surface area contributed by atoms with Crippen molar-refractivity contribution in [2.75, 3.05) is 39.3 Å². The van der Waals surface area contributed by atoms with Crippen molar-refractivity contribution in [3.05, 3.63) is 24.2 Å². The molecule has 0 saturated carbocycles. The highest BCUT2D eigenvalue weighted by Crippen LogP contribution is 2.25. The third kappa shape index (κ3) is 5.72. The molecule has 1 atom stereocenters. The highest BCUT2D eigenvalue weighted by molar-refractivity contribution is 5.80. The minimum absolute atomic E-state index is 0.237. The molecular weight excluding hydrogens is 338 g/mol. The Hall–Kier alpha value is -1.53. The van der Waals surface area contributed by atoms with Gasteiger partial charge in [-0.25, -0.2) is 0 Å². The molecule has 1 aromatic heterocycles. The topological polar surface area (TPSA) is 56.0 Å². The zero-order valence-electron chi connectivity index (χ0n) is 17.3. The smallest absolute Gasteiger partial charge is 0.191 e. The first-order valence-electron chi connectivity index (χ1n) is 10.7. The second-order valence-corrected chi connectivity index (χ2v) is 8.04. The molecule has 27 heavy (non-hydrogen) atoms. The molecule has 152 valence electrons. The summed E-state index contributed by atoms with van der Waals surface area (Å²) in [6, 6.07) is 5.45. The van der Waals surface area contributed by atoms with E-state index < -0.39 is 0 Å². The van der Waals surface area contributed by atoms with Crippen LogP contribution in [0, 0.1) is 0 Å². The standard InChI is InChI=1S/C21H37N5O/c1-4-22-21(24-18-9-13-25(14-10-18)17(2)3)23-16-19(20-8-7-15-27-20)26-11-5-6-12-26/h7-8,15,17-19H,4-6,9-14,16H2,1-3H3,(H2,22,23,24). The lowest BCUT2D eigenvalue weighted by Crippen LogP contribution is -2.50. The summed E-state index contributed by atoms with van der Waals surface area (Å²) < 4.78 is 5.73. The van der Waals surface area contributed by atoms with Gasteiger partial charge in [0.2, 0.25) is 0 Å². The Balaban J connectivity index is 1.60. The quantitative estimate of drug-likeness (QED) is 0.567. The third-order valence-corrected chi connectivity index (χ3v) is 5.82. The first kappa shape index (κ1) is 20.2. The number of aliphatic imine (C=N–C) groups is 1. The first-order valence-corrected chi connectivity index (χ1v) is 10.7. The van der Waals surface area contributed by atoms with Crippen molar-refractivity contribution in [3.8, 4) is 0 Å². The van der Waals surface area contributed by atoms with Gasteiger partial charge in [0.15, 0.2) is 5.96 Å². The maximum Gasteiger partial charge on any atom is 0.191 e. The maximum atomic E-state index is 5.73. The van der Waals surface area contributed by atoms with E-state index in [-0.39, 0.29) is 6.04 Å². The summed E-state index contributed by atoms with van der Waals surface area (Å²) in [5.74, 6) is 1.97. The molecule has 0 spiro atoms. The molecule has 0 radical (unpaired) electrons. The van der Waals surface area contributed by atoms with Crippen molar-refractivity contribution in [2.45, 2.75) is 64.6 Å². The number of piperidine rings is 1. The minimum atomic E-state index is 0.237. The number of guanidine groups is 1. The molecular formula is C21H37N5O. The Labute approximate surface area is 164 Å². The van der Waals surface area contributed by atoms with Gasteiger partial charge in [-0.15, -0.1) is 0 Å². The van der Waals surface area contributed by atoms with Crippen LogP contribution in [0.2, 0.25) is 0 Å². The number of hydrogen-bond acceptors (Lipinski definition) is 4. The van der Waals surface area contributed by atoms with Crippen LogP contribution in [0.4, 0.5) is 0 Å². The van der Waals surface area contributed by atoms with Crippen molar-refractivity contribution in [1.82, 2.24) is 20.4 Å². The lowest BCUT2D eigenvalue weighted by atomic mass is 10.0. The molecule has 2 N–H and O–H groups in total. The van der Waals surface area contributed by atoms with Gasteiger partial charge in [-0.3, -0.25) is 9.89 Å². The van der Waals surface area contributed by atoms with Crippen LogP contribution in [0.15, 0.2) is 27.8 Å². The summed E-state index contributed by atoms with van der Waals surface area (Å²) in [7, 11) is 0. The number of furan rings is 1. The normalized spacial score (nSPS) is 21.7. The van der Waals surface area contributed by atoms with E-state index in [2.05, 4.69) is 47.3 Å². The lowest BCUT2D eigenvalue weighted by Gasteiger charge is -2.35. The Morgan fingerprint density at radius 3 is 2.52 bits per heavy atom. The number of nitrogens with zero attached hydrogens (tertiary/aromatic N) is 3. The Bertz CT molecular complexity index is 557. The Kier molecular flexibility index (Phi) is 7.59. The predicted molar refractivity (Wildman–Crippen MR) is 111 cm³/mol. The van der Waals surface area contributed by atoms with Gasteiger partial charge in [0.05, 0.1) is 18.8 Å². The van der Waals surface area contributed by atoms with Gasteiger partial charge in [-0.05, 0) is 71.7 Å². The fourth-order valence-electron chi connectivity index (χ4n) is 4.17. The van der Waals surface area contributed by atoms with E-state index in [0.29, 0.717) is 12.1 Å². The van der Waals surface area contributed by atoms with E-state index >= 15 is 0 Å². The molecule has 6 heteroatoms. The maximum absolute atomic E-state index is 5.73. The van der Waals surface area contributed by atoms with E-state index in [0.717, 1.165) is 51.0 Å². The zero-order chi connectivity index (χ0) is 19.1. The van der Waals surface area contributed by atoms with E-state index in [1.54, 1.807) is 6.26 Å². The van der Waals surface area contributed by atoms with Gasteiger partial charge < -0.3 is 20.0 Å². The molecule has 3 heterocycles. The van der Waals surface area contributed by atoms with Crippen molar-refractivity contribution >= 4 is 5.96 Å². The van der Waals surface area contributed by atoms with Crippen LogP contribution in [-0.4, -0.2) is 67.1 Å². The van der Waals surface area contributed by atoms with Crippen LogP contribution in [-0.2, 0) is 0 Å². The SMILES string of the molecule is CCNC(=NCC(c1ccco1)N1CCCC1)NC1CCN(C(C)C)CC1. The van der Waals surface area contributed by atoms with Gasteiger partial charge in [0.25, 0.3) is 0 Å². The largest absolute Gasteiger partial charge is 0.468 e. The van der Waals surface area contributed by atoms with E-state index in [9.17, 15) is 0 Å². The molecule has 3 rings (SSSR count). The molecule has 6 nitrogen and oxygen atoms in total. The minimum Gasteiger partial charge on any atom is -0.468 e. The summed E-state index contributed by atoms with van der Waals surface area (Å²) >= 11 is 0. The number of hydrogen-bond donors (Lipinski definition) is 2. The average Bonchev–Trinajstić information content (AvgIpc) is 3.37. The average molecular weight is 376 g/mol. The van der Waals surface area contributed by atoms with Crippen LogP contribution in [0.5, 0.6) is 0 Å². The summed E-state index contributed by atoms with van der Waals surface area (Å²) in [5, 5.41) is 7.10. The number of rotatable bonds is 7. The summed E-state index contributed by atoms with van der Waals surface area (Å²) in [6.07, 6.45) is 6.67. The molecule has 1 aromatic rings. The number of likely N-dealkylation sites (tertiary alicyclic amines) is 2. The Morgan fingerprint density at radius 1 is 1.19 bits per heavy atom. The van der Waals surface area contributed by atoms with Gasteiger partial charge >= 0.3 is 0 Å². The molecule has 2 aliphatic rings. The summed E-state index contributed by atoms with van der Waals surface area (Å²) in [4.78, 5) is 10.0. The molecule has 0 aromatic carbocycles. The van der Waals surface area contributed by atoms with Gasteiger partial charge in [0, 0.05) is 31.7 Å². The van der Waals surface area contributed by atoms with E-state index in [4.69, 9.17) is 9.41 Å². The van der Waals surface area contributed by atoms with Crippen LogP contribution in [0.3, 0.4) is 0 Å². The molecule has 2 fully saturated rings. The van der Waals surface area contributed by atoms with Crippen LogP contribution in [0.1, 0.15) is 58.3 Å². The summed E-state index contributed by atoms with van der Waals surface area (Å²) in [5.41, 5.74) is 0. The van der Waals surface area contributed by atoms with Crippen LogP contribution < -0.4 is 10.6 Å². The van der Waals surface area contributed by atoms with Gasteiger partial charge in [-0.2, -0.15) is 0 Å². The second-order valence-electron chi connectivity index (χ2n) is 8.04. The fourth-order valence-corrected chi connectivity index (χ4v) is 4.17. The molecule has 0 amide bonds. The van der Waals surface area contributed by atoms with Gasteiger partial charge in [0.1, 0.15) is 5.76 Å². The van der Waals surface area contributed by atoms with Crippen molar-refractivity contribution in [3.63, 3.8) is 0 Å². The van der Waals surface area contributed by atoms with Gasteiger partial charge in [-0.1, -0.05) is 0 Å². The highest BCUT2D eigenvalue weighted by Gasteiger charge is 2.26. The molecule has 1 unspecified atom stereocenters. The molecule has 0 bridgehead atoms. The number of nitrogens with one attached hydrogen (secondary N) is 2. The molecule has 2 saturated heterocycles. The monoisotopic (exact) mass is 375 g/mol. The second kappa shape index (κ2) is 10.1. The fraction of sp³-hybridized carbons (Fsp3) is 0.762. The van der Waals surface area contributed by atoms with Crippen molar-refractivity contribution < 1.29 is 4.42 Å². The van der Waals surface area contributed by atoms with E-state index in [1.165, 1.54) is 25.7 Å². The lowest BCUT2D eigenvalue weighted by molar-refractivity contribution is 0.167. The molecule has 0 aliphatic carbocycles. The highest BCUT2D eigenvalue weighted by atomic mass is 16.3. The zero-order valence-corrected chi connectivity index (χ0v) is 17.3. The summed E-state index contributed by atoms with van der Waals surface area (Å²) in [6.45, 7) is 12.9.